The van der Waals surface area contributed by atoms with E-state index in [1.54, 1.807) is 28.9 Å². The summed E-state index contributed by atoms with van der Waals surface area (Å²) in [4.78, 5) is 11.8. The van der Waals surface area contributed by atoms with E-state index in [0.717, 1.165) is 11.4 Å². The van der Waals surface area contributed by atoms with Crippen molar-refractivity contribution in [1.82, 2.24) is 9.78 Å². The summed E-state index contributed by atoms with van der Waals surface area (Å²) in [7, 11) is 0. The maximum Gasteiger partial charge on any atom is 0.246 e. The molecular formula is C13H16N4O. The van der Waals surface area contributed by atoms with Gasteiger partial charge in [-0.05, 0) is 38.1 Å². The van der Waals surface area contributed by atoms with Crippen LogP contribution >= 0.6 is 0 Å². The number of nitrogens with zero attached hydrogens (tertiary/aromatic N) is 2. The summed E-state index contributed by atoms with van der Waals surface area (Å²) in [5.41, 5.74) is 8.84. The number of carbonyl (C=O) groups is 1. The van der Waals surface area contributed by atoms with E-state index in [1.807, 2.05) is 19.9 Å². The summed E-state index contributed by atoms with van der Waals surface area (Å²) < 4.78 is 1.68. The largest absolute Gasteiger partial charge is 0.399 e. The molecule has 0 unspecified atom stereocenters. The van der Waals surface area contributed by atoms with E-state index in [-0.39, 0.29) is 12.5 Å². The Labute approximate surface area is 106 Å². The molecule has 0 aliphatic heterocycles. The van der Waals surface area contributed by atoms with Crippen LogP contribution in [-0.4, -0.2) is 15.7 Å². The van der Waals surface area contributed by atoms with Crippen molar-refractivity contribution < 1.29 is 4.79 Å². The minimum atomic E-state index is -0.119. The number of carbonyl (C=O) groups excluding carboxylic acids is 1. The zero-order valence-corrected chi connectivity index (χ0v) is 10.5. The van der Waals surface area contributed by atoms with E-state index in [9.17, 15) is 4.79 Å². The Morgan fingerprint density at radius 3 is 2.78 bits per heavy atom. The summed E-state index contributed by atoms with van der Waals surface area (Å²) in [5.74, 6) is -0.119. The topological polar surface area (TPSA) is 72.9 Å². The predicted molar refractivity (Wildman–Crippen MR) is 71.2 cm³/mol. The quantitative estimate of drug-likeness (QED) is 0.807. The molecule has 3 N–H and O–H groups in total. The van der Waals surface area contributed by atoms with Gasteiger partial charge in [-0.2, -0.15) is 5.10 Å². The molecule has 0 aliphatic rings. The normalized spacial score (nSPS) is 10.3. The van der Waals surface area contributed by atoms with Gasteiger partial charge in [0.15, 0.2) is 0 Å². The van der Waals surface area contributed by atoms with Gasteiger partial charge in [0.05, 0.1) is 5.69 Å². The molecule has 0 saturated heterocycles. The molecular weight excluding hydrogens is 228 g/mol. The summed E-state index contributed by atoms with van der Waals surface area (Å²) in [6.45, 7) is 4.03. The van der Waals surface area contributed by atoms with Gasteiger partial charge in [0.2, 0.25) is 5.91 Å². The van der Waals surface area contributed by atoms with E-state index in [4.69, 9.17) is 5.73 Å². The molecule has 1 amide bonds. The number of nitrogens with one attached hydrogen (secondary N) is 1. The second-order valence-corrected chi connectivity index (χ2v) is 4.26. The highest BCUT2D eigenvalue weighted by molar-refractivity contribution is 5.90. The van der Waals surface area contributed by atoms with Crippen LogP contribution in [0.3, 0.4) is 0 Å². The number of nitrogens with two attached hydrogens (primary N) is 1. The van der Waals surface area contributed by atoms with Gasteiger partial charge >= 0.3 is 0 Å². The molecule has 0 bridgehead atoms. The number of nitrogen functional groups attached to an aromatic ring is 1. The Kier molecular flexibility index (Phi) is 3.32. The third-order valence-electron chi connectivity index (χ3n) is 2.57. The highest BCUT2D eigenvalue weighted by Gasteiger charge is 2.07. The van der Waals surface area contributed by atoms with Gasteiger partial charge in [0, 0.05) is 17.1 Å². The van der Waals surface area contributed by atoms with Crippen LogP contribution in [0.5, 0.6) is 0 Å². The molecule has 2 rings (SSSR count). The van der Waals surface area contributed by atoms with Crippen LogP contribution in [0.15, 0.2) is 30.3 Å². The SMILES string of the molecule is Cc1cc(C)n(CC(=O)Nc2cccc(N)c2)n1. The lowest BCUT2D eigenvalue weighted by Gasteiger charge is -2.07. The Morgan fingerprint density at radius 1 is 1.39 bits per heavy atom. The van der Waals surface area contributed by atoms with Gasteiger partial charge in [-0.25, -0.2) is 0 Å². The average molecular weight is 244 g/mol. The standard InChI is InChI=1S/C13H16N4O/c1-9-6-10(2)17(16-9)8-13(18)15-12-5-3-4-11(14)7-12/h3-7H,8,14H2,1-2H3,(H,15,18). The number of hydrogen-bond acceptors (Lipinski definition) is 3. The number of aromatic nitrogens is 2. The van der Waals surface area contributed by atoms with Gasteiger partial charge in [0.25, 0.3) is 0 Å². The van der Waals surface area contributed by atoms with Gasteiger partial charge < -0.3 is 11.1 Å². The number of anilines is 2. The van der Waals surface area contributed by atoms with Crippen molar-refractivity contribution >= 4 is 17.3 Å². The third-order valence-corrected chi connectivity index (χ3v) is 2.57. The lowest BCUT2D eigenvalue weighted by Crippen LogP contribution is -2.20. The van der Waals surface area contributed by atoms with E-state index in [1.165, 1.54) is 0 Å². The first-order valence-electron chi connectivity index (χ1n) is 5.71. The highest BCUT2D eigenvalue weighted by Crippen LogP contribution is 2.12. The number of rotatable bonds is 3. The number of aryl methyl sites for hydroxylation is 2. The van der Waals surface area contributed by atoms with Crippen LogP contribution in [-0.2, 0) is 11.3 Å². The zero-order chi connectivity index (χ0) is 13.1. The Bertz CT molecular complexity index is 574. The molecule has 5 nitrogen and oxygen atoms in total. The highest BCUT2D eigenvalue weighted by atomic mass is 16.2. The Morgan fingerprint density at radius 2 is 2.17 bits per heavy atom. The maximum atomic E-state index is 11.8. The van der Waals surface area contributed by atoms with Crippen LogP contribution in [0, 0.1) is 13.8 Å². The van der Waals surface area contributed by atoms with Crippen molar-refractivity contribution in [3.05, 3.63) is 41.7 Å². The Hall–Kier alpha value is -2.30. The predicted octanol–water partition coefficient (Wildman–Crippen LogP) is 1.72. The van der Waals surface area contributed by atoms with E-state index in [2.05, 4.69) is 10.4 Å². The molecule has 1 aromatic carbocycles. The van der Waals surface area contributed by atoms with Gasteiger partial charge in [0.1, 0.15) is 6.54 Å². The number of amides is 1. The summed E-state index contributed by atoms with van der Waals surface area (Å²) in [5, 5.41) is 7.03. The third kappa shape index (κ3) is 2.88. The van der Waals surface area contributed by atoms with Gasteiger partial charge in [-0.1, -0.05) is 6.07 Å². The summed E-state index contributed by atoms with van der Waals surface area (Å²) >= 11 is 0. The van der Waals surface area contributed by atoms with Crippen molar-refractivity contribution in [3.63, 3.8) is 0 Å². The van der Waals surface area contributed by atoms with Gasteiger partial charge in [-0.3, -0.25) is 9.48 Å². The second-order valence-electron chi connectivity index (χ2n) is 4.26. The Balaban J connectivity index is 2.03. The van der Waals surface area contributed by atoms with Crippen molar-refractivity contribution in [1.29, 1.82) is 0 Å². The maximum absolute atomic E-state index is 11.8. The average Bonchev–Trinajstić information content (AvgIpc) is 2.57. The van der Waals surface area contributed by atoms with Crippen LogP contribution < -0.4 is 11.1 Å². The molecule has 18 heavy (non-hydrogen) atoms. The number of benzene rings is 1. The van der Waals surface area contributed by atoms with Crippen LogP contribution in [0.4, 0.5) is 11.4 Å². The van der Waals surface area contributed by atoms with Crippen LogP contribution in [0.2, 0.25) is 0 Å². The van der Waals surface area contributed by atoms with E-state index >= 15 is 0 Å². The monoisotopic (exact) mass is 244 g/mol. The van der Waals surface area contributed by atoms with Crippen molar-refractivity contribution in [2.75, 3.05) is 11.1 Å². The van der Waals surface area contributed by atoms with Crippen molar-refractivity contribution in [2.24, 2.45) is 0 Å². The molecule has 0 saturated carbocycles. The first kappa shape index (κ1) is 12.2. The first-order chi connectivity index (χ1) is 8.54. The first-order valence-corrected chi connectivity index (χ1v) is 5.71. The second kappa shape index (κ2) is 4.91. The van der Waals surface area contributed by atoms with Crippen LogP contribution in [0.25, 0.3) is 0 Å². The van der Waals surface area contributed by atoms with E-state index < -0.39 is 0 Å². The number of hydrogen-bond donors (Lipinski definition) is 2. The molecule has 0 spiro atoms. The van der Waals surface area contributed by atoms with Gasteiger partial charge in [-0.15, -0.1) is 0 Å². The molecule has 1 heterocycles. The van der Waals surface area contributed by atoms with Crippen molar-refractivity contribution in [2.45, 2.75) is 20.4 Å². The molecule has 2 aromatic rings. The fraction of sp³-hybridized carbons (Fsp3) is 0.231. The van der Waals surface area contributed by atoms with Crippen LogP contribution in [0.1, 0.15) is 11.4 Å². The fourth-order valence-electron chi connectivity index (χ4n) is 1.79. The molecule has 1 aromatic heterocycles. The van der Waals surface area contributed by atoms with E-state index in [0.29, 0.717) is 11.4 Å². The molecule has 0 radical (unpaired) electrons. The minimum Gasteiger partial charge on any atom is -0.399 e. The fourth-order valence-corrected chi connectivity index (χ4v) is 1.79. The smallest absolute Gasteiger partial charge is 0.246 e. The molecule has 0 aliphatic carbocycles. The lowest BCUT2D eigenvalue weighted by molar-refractivity contribution is -0.116. The molecule has 0 atom stereocenters. The lowest BCUT2D eigenvalue weighted by atomic mass is 10.3. The zero-order valence-electron chi connectivity index (χ0n) is 10.5. The molecule has 5 heteroatoms. The van der Waals surface area contributed by atoms with Crippen molar-refractivity contribution in [3.8, 4) is 0 Å². The summed E-state index contributed by atoms with van der Waals surface area (Å²) in [6.07, 6.45) is 0. The minimum absolute atomic E-state index is 0.119. The molecule has 94 valence electrons. The summed E-state index contributed by atoms with van der Waals surface area (Å²) in [6, 6.07) is 9.03. The molecule has 0 fully saturated rings.